The van der Waals surface area contributed by atoms with E-state index in [9.17, 15) is 4.79 Å². The van der Waals surface area contributed by atoms with Gasteiger partial charge in [0.2, 0.25) is 0 Å². The third kappa shape index (κ3) is 4.36. The maximum atomic E-state index is 11.8. The first-order valence-corrected chi connectivity index (χ1v) is 6.06. The van der Waals surface area contributed by atoms with Crippen molar-refractivity contribution in [1.29, 1.82) is 0 Å². The summed E-state index contributed by atoms with van der Waals surface area (Å²) in [5.41, 5.74) is 5.38. The van der Waals surface area contributed by atoms with Gasteiger partial charge in [-0.1, -0.05) is 34.8 Å². The summed E-state index contributed by atoms with van der Waals surface area (Å²) in [7, 11) is 0. The fourth-order valence-corrected chi connectivity index (χ4v) is 1.72. The van der Waals surface area contributed by atoms with Gasteiger partial charge in [-0.2, -0.15) is 0 Å². The molecule has 0 aliphatic heterocycles. The van der Waals surface area contributed by atoms with Crippen molar-refractivity contribution in [2.24, 2.45) is 0 Å². The van der Waals surface area contributed by atoms with E-state index in [2.05, 4.69) is 10.9 Å². The first kappa shape index (κ1) is 14.6. The van der Waals surface area contributed by atoms with Crippen LogP contribution in [0.25, 0.3) is 0 Å². The smallest absolute Gasteiger partial charge is 0.267 e. The highest BCUT2D eigenvalue weighted by molar-refractivity contribution is 6.45. The lowest BCUT2D eigenvalue weighted by atomic mass is 10.1. The number of halogens is 3. The van der Waals surface area contributed by atoms with E-state index in [1.165, 1.54) is 12.1 Å². The van der Waals surface area contributed by atoms with Crippen LogP contribution in [-0.2, 0) is 0 Å². The first-order chi connectivity index (χ1) is 7.70. The van der Waals surface area contributed by atoms with E-state index >= 15 is 0 Å². The predicted molar refractivity (Wildman–Crippen MR) is 71.8 cm³/mol. The van der Waals surface area contributed by atoms with Crippen LogP contribution in [0.5, 0.6) is 0 Å². The summed E-state index contributed by atoms with van der Waals surface area (Å²) < 4.78 is 0. The van der Waals surface area contributed by atoms with Crippen LogP contribution in [0.3, 0.4) is 0 Å². The highest BCUT2D eigenvalue weighted by Crippen LogP contribution is 2.29. The maximum Gasteiger partial charge on any atom is 0.267 e. The Labute approximate surface area is 115 Å². The number of rotatable bonds is 2. The molecular formula is C11H13Cl3N2O. The predicted octanol–water partition coefficient (Wildman–Crippen LogP) is 3.68. The fraction of sp³-hybridized carbons (Fsp3) is 0.364. The van der Waals surface area contributed by atoms with Gasteiger partial charge in [0, 0.05) is 10.6 Å². The van der Waals surface area contributed by atoms with Crippen molar-refractivity contribution in [3.8, 4) is 0 Å². The molecule has 17 heavy (non-hydrogen) atoms. The zero-order chi connectivity index (χ0) is 13.2. The van der Waals surface area contributed by atoms with Gasteiger partial charge in [0.05, 0.1) is 15.6 Å². The van der Waals surface area contributed by atoms with Crippen molar-refractivity contribution in [1.82, 2.24) is 10.9 Å². The molecule has 1 amide bonds. The topological polar surface area (TPSA) is 41.1 Å². The van der Waals surface area contributed by atoms with Crippen LogP contribution in [-0.4, -0.2) is 11.4 Å². The summed E-state index contributed by atoms with van der Waals surface area (Å²) in [5, 5.41) is 0.796. The molecule has 1 aromatic rings. The summed E-state index contributed by atoms with van der Waals surface area (Å²) in [4.78, 5) is 11.8. The molecule has 6 heteroatoms. The Balaban J connectivity index is 2.90. The molecule has 2 N–H and O–H groups in total. The third-order valence-corrected chi connectivity index (χ3v) is 2.81. The maximum absolute atomic E-state index is 11.8. The summed E-state index contributed by atoms with van der Waals surface area (Å²) in [6.07, 6.45) is 0. The van der Waals surface area contributed by atoms with Crippen LogP contribution in [0, 0.1) is 0 Å². The molecule has 3 nitrogen and oxygen atoms in total. The minimum Gasteiger partial charge on any atom is -0.287 e. The summed E-state index contributed by atoms with van der Waals surface area (Å²) in [6, 6.07) is 2.95. The van der Waals surface area contributed by atoms with Crippen molar-refractivity contribution in [3.05, 3.63) is 32.8 Å². The number of amides is 1. The Hall–Kier alpha value is -0.480. The summed E-state index contributed by atoms with van der Waals surface area (Å²) in [6.45, 7) is 5.75. The highest BCUT2D eigenvalue weighted by atomic mass is 35.5. The molecule has 0 fully saturated rings. The van der Waals surface area contributed by atoms with Crippen LogP contribution in [0.4, 0.5) is 0 Å². The number of nitrogens with one attached hydrogen (secondary N) is 2. The lowest BCUT2D eigenvalue weighted by Crippen LogP contribution is -2.48. The fourth-order valence-electron chi connectivity index (χ4n) is 1.03. The zero-order valence-electron chi connectivity index (χ0n) is 9.70. The van der Waals surface area contributed by atoms with Crippen molar-refractivity contribution in [3.63, 3.8) is 0 Å². The molecule has 0 heterocycles. The summed E-state index contributed by atoms with van der Waals surface area (Å²) >= 11 is 17.6. The molecule has 0 bridgehead atoms. The van der Waals surface area contributed by atoms with Crippen LogP contribution < -0.4 is 10.9 Å². The second-order valence-electron chi connectivity index (χ2n) is 4.58. The van der Waals surface area contributed by atoms with Gasteiger partial charge in [0.15, 0.2) is 0 Å². The Morgan fingerprint density at radius 2 is 1.76 bits per heavy atom. The minimum atomic E-state index is -0.380. The van der Waals surface area contributed by atoms with Gasteiger partial charge in [-0.25, -0.2) is 5.43 Å². The molecule has 0 spiro atoms. The van der Waals surface area contributed by atoms with E-state index in [-0.39, 0.29) is 27.1 Å². The monoisotopic (exact) mass is 294 g/mol. The van der Waals surface area contributed by atoms with E-state index in [4.69, 9.17) is 34.8 Å². The minimum absolute atomic E-state index is 0.185. The molecule has 0 aliphatic carbocycles. The van der Waals surface area contributed by atoms with E-state index in [1.807, 2.05) is 20.8 Å². The van der Waals surface area contributed by atoms with Crippen molar-refractivity contribution < 1.29 is 4.79 Å². The Morgan fingerprint density at radius 1 is 1.18 bits per heavy atom. The van der Waals surface area contributed by atoms with Crippen LogP contribution >= 0.6 is 34.8 Å². The van der Waals surface area contributed by atoms with Gasteiger partial charge in [-0.3, -0.25) is 10.2 Å². The molecule has 0 unspecified atom stereocenters. The van der Waals surface area contributed by atoms with E-state index < -0.39 is 0 Å². The summed E-state index contributed by atoms with van der Waals surface area (Å²) in [5.74, 6) is -0.380. The molecule has 0 aliphatic rings. The van der Waals surface area contributed by atoms with Crippen molar-refractivity contribution in [2.45, 2.75) is 26.3 Å². The lowest BCUT2D eigenvalue weighted by molar-refractivity contribution is 0.0914. The normalized spacial score (nSPS) is 11.4. The lowest BCUT2D eigenvalue weighted by Gasteiger charge is -2.21. The van der Waals surface area contributed by atoms with E-state index in [0.29, 0.717) is 5.02 Å². The Kier molecular flexibility index (Phi) is 4.67. The largest absolute Gasteiger partial charge is 0.287 e. The number of carbonyl (C=O) groups is 1. The van der Waals surface area contributed by atoms with Gasteiger partial charge < -0.3 is 0 Å². The molecule has 0 saturated carbocycles. The van der Waals surface area contributed by atoms with Crippen LogP contribution in [0.15, 0.2) is 12.1 Å². The third-order valence-electron chi connectivity index (χ3n) is 1.79. The molecule has 0 atom stereocenters. The highest BCUT2D eigenvalue weighted by Gasteiger charge is 2.16. The zero-order valence-corrected chi connectivity index (χ0v) is 12.0. The molecule has 1 aromatic carbocycles. The SMILES string of the molecule is CC(C)(C)NNC(=O)c1cc(Cl)cc(Cl)c1Cl. The average Bonchev–Trinajstić information content (AvgIpc) is 2.19. The number of hydrogen-bond acceptors (Lipinski definition) is 2. The molecule has 0 saturated heterocycles. The van der Waals surface area contributed by atoms with Crippen LogP contribution in [0.2, 0.25) is 15.1 Å². The number of carbonyl (C=O) groups excluding carboxylic acids is 1. The van der Waals surface area contributed by atoms with Crippen LogP contribution in [0.1, 0.15) is 31.1 Å². The van der Waals surface area contributed by atoms with Gasteiger partial charge in [-0.05, 0) is 32.9 Å². The van der Waals surface area contributed by atoms with Crippen molar-refractivity contribution >= 4 is 40.7 Å². The second kappa shape index (κ2) is 5.44. The Bertz CT molecular complexity index is 441. The molecule has 0 aromatic heterocycles. The second-order valence-corrected chi connectivity index (χ2v) is 5.80. The standard InChI is InChI=1S/C11H13Cl3N2O/c1-11(2,3)16-15-10(17)7-4-6(12)5-8(13)9(7)14/h4-5,16H,1-3H3,(H,15,17). The number of hydrogen-bond donors (Lipinski definition) is 2. The van der Waals surface area contributed by atoms with Crippen molar-refractivity contribution in [2.75, 3.05) is 0 Å². The molecule has 0 radical (unpaired) electrons. The Morgan fingerprint density at radius 3 is 2.29 bits per heavy atom. The van der Waals surface area contributed by atoms with E-state index in [1.54, 1.807) is 0 Å². The average molecular weight is 296 g/mol. The number of hydrazine groups is 1. The van der Waals surface area contributed by atoms with Gasteiger partial charge in [-0.15, -0.1) is 0 Å². The molecule has 1 rings (SSSR count). The molecule has 94 valence electrons. The quantitative estimate of drug-likeness (QED) is 0.645. The van der Waals surface area contributed by atoms with E-state index in [0.717, 1.165) is 0 Å². The van der Waals surface area contributed by atoms with Gasteiger partial charge in [0.1, 0.15) is 0 Å². The molecular weight excluding hydrogens is 282 g/mol. The first-order valence-electron chi connectivity index (χ1n) is 4.93. The van der Waals surface area contributed by atoms with Gasteiger partial charge in [0.25, 0.3) is 5.91 Å². The van der Waals surface area contributed by atoms with Gasteiger partial charge >= 0.3 is 0 Å². The number of benzene rings is 1.